The summed E-state index contributed by atoms with van der Waals surface area (Å²) in [5, 5.41) is 14.5. The number of hydrogen-bond donors (Lipinski definition) is 2. The van der Waals surface area contributed by atoms with Gasteiger partial charge in [-0.2, -0.15) is 0 Å². The van der Waals surface area contributed by atoms with E-state index in [0.29, 0.717) is 5.92 Å². The third kappa shape index (κ3) is 2.40. The molecule has 3 aliphatic rings. The van der Waals surface area contributed by atoms with Crippen molar-refractivity contribution in [2.24, 2.45) is 17.3 Å². The van der Waals surface area contributed by atoms with Gasteiger partial charge in [-0.3, -0.25) is 0 Å². The van der Waals surface area contributed by atoms with Gasteiger partial charge in [0.25, 0.3) is 0 Å². The Kier molecular flexibility index (Phi) is 3.97. The Hall–Kier alpha value is -1.65. The van der Waals surface area contributed by atoms with Crippen molar-refractivity contribution in [3.05, 3.63) is 49.1 Å². The lowest BCUT2D eigenvalue weighted by Gasteiger charge is -2.58. The maximum Gasteiger partial charge on any atom is 0.0953 e. The molecule has 1 spiro atoms. The molecule has 0 amide bonds. The number of aliphatic hydroxyl groups is 1. The fourth-order valence-electron chi connectivity index (χ4n) is 4.98. The number of rotatable bonds is 1. The second-order valence-corrected chi connectivity index (χ2v) is 7.73. The Balaban J connectivity index is 1.67. The van der Waals surface area contributed by atoms with Crippen molar-refractivity contribution in [3.8, 4) is 0 Å². The molecule has 1 aromatic rings. The van der Waals surface area contributed by atoms with Crippen molar-refractivity contribution in [2.75, 3.05) is 13.1 Å². The van der Waals surface area contributed by atoms with Crippen LogP contribution in [-0.4, -0.2) is 33.9 Å². The molecule has 2 aliphatic heterocycles. The number of imidazole rings is 1. The number of fused-ring (bicyclic) bond motifs is 1. The highest BCUT2D eigenvalue weighted by atomic mass is 16.3. The lowest BCUT2D eigenvalue weighted by atomic mass is 9.52. The van der Waals surface area contributed by atoms with Crippen LogP contribution in [0.5, 0.6) is 0 Å². The van der Waals surface area contributed by atoms with Gasteiger partial charge in [0.15, 0.2) is 0 Å². The SMILES string of the molecule is C=C1/C=C\C=C/C(C)C(C2CC3(CCNCC3)C2O)n2cncc21. The average Bonchev–Trinajstić information content (AvgIpc) is 3.08. The van der Waals surface area contributed by atoms with Gasteiger partial charge in [0, 0.05) is 12.0 Å². The van der Waals surface area contributed by atoms with Gasteiger partial charge >= 0.3 is 0 Å². The minimum Gasteiger partial charge on any atom is -0.392 e. The highest BCUT2D eigenvalue weighted by Gasteiger charge is 2.56. The predicted octanol–water partition coefficient (Wildman–Crippen LogP) is 2.95. The van der Waals surface area contributed by atoms with Crippen LogP contribution in [0.3, 0.4) is 0 Å². The van der Waals surface area contributed by atoms with Crippen LogP contribution in [-0.2, 0) is 0 Å². The summed E-state index contributed by atoms with van der Waals surface area (Å²) in [5.74, 6) is 0.619. The molecule has 3 heterocycles. The van der Waals surface area contributed by atoms with Crippen LogP contribution in [0.25, 0.3) is 5.57 Å². The molecule has 4 atom stereocenters. The molecule has 0 radical (unpaired) electrons. The summed E-state index contributed by atoms with van der Waals surface area (Å²) >= 11 is 0. The van der Waals surface area contributed by atoms with Crippen LogP contribution in [0.15, 0.2) is 43.4 Å². The summed E-state index contributed by atoms with van der Waals surface area (Å²) in [7, 11) is 0. The van der Waals surface area contributed by atoms with Crippen molar-refractivity contribution in [1.82, 2.24) is 14.9 Å². The van der Waals surface area contributed by atoms with E-state index in [2.05, 4.69) is 40.5 Å². The zero-order chi connectivity index (χ0) is 16.7. The van der Waals surface area contributed by atoms with Gasteiger partial charge in [-0.1, -0.05) is 37.8 Å². The summed E-state index contributed by atoms with van der Waals surface area (Å²) < 4.78 is 2.24. The molecule has 1 aliphatic carbocycles. The molecule has 0 bridgehead atoms. The molecular formula is C20H27N3O. The van der Waals surface area contributed by atoms with Gasteiger partial charge in [-0.05, 0) is 49.3 Å². The minimum atomic E-state index is -0.224. The monoisotopic (exact) mass is 325 g/mol. The summed E-state index contributed by atoms with van der Waals surface area (Å²) in [6.07, 6.45) is 15.3. The Labute approximate surface area is 144 Å². The van der Waals surface area contributed by atoms with Crippen molar-refractivity contribution < 1.29 is 5.11 Å². The van der Waals surface area contributed by atoms with E-state index in [-0.39, 0.29) is 23.5 Å². The van der Waals surface area contributed by atoms with Gasteiger partial charge in [-0.15, -0.1) is 0 Å². The zero-order valence-corrected chi connectivity index (χ0v) is 14.4. The zero-order valence-electron chi connectivity index (χ0n) is 14.4. The number of hydrogen-bond acceptors (Lipinski definition) is 3. The maximum atomic E-state index is 11.1. The Morgan fingerprint density at radius 2 is 2.12 bits per heavy atom. The number of nitrogens with one attached hydrogen (secondary N) is 1. The van der Waals surface area contributed by atoms with Gasteiger partial charge in [0.1, 0.15) is 0 Å². The standard InChI is InChI=1S/C20H27N3O/c1-14-5-3-4-6-15(2)18(23-13-22-12-17(14)23)16-11-20(19(16)24)7-9-21-10-8-20/h3-6,12-13,15-16,18-19,21,24H,1,7-11H2,2H3/b5-3-,6-4-. The first-order chi connectivity index (χ1) is 11.6. The number of nitrogens with zero attached hydrogens (tertiary/aromatic N) is 2. The summed E-state index contributed by atoms with van der Waals surface area (Å²) in [4.78, 5) is 4.38. The fourth-order valence-corrected chi connectivity index (χ4v) is 4.98. The largest absolute Gasteiger partial charge is 0.392 e. The first kappa shape index (κ1) is 15.9. The smallest absolute Gasteiger partial charge is 0.0953 e. The van der Waals surface area contributed by atoms with E-state index in [4.69, 9.17) is 0 Å². The lowest BCUT2D eigenvalue weighted by Crippen LogP contribution is -2.59. The summed E-state index contributed by atoms with van der Waals surface area (Å²) in [5.41, 5.74) is 2.17. The predicted molar refractivity (Wildman–Crippen MR) is 96.4 cm³/mol. The molecule has 24 heavy (non-hydrogen) atoms. The number of piperidine rings is 1. The van der Waals surface area contributed by atoms with Crippen LogP contribution in [0.2, 0.25) is 0 Å². The van der Waals surface area contributed by atoms with Crippen LogP contribution >= 0.6 is 0 Å². The van der Waals surface area contributed by atoms with Gasteiger partial charge in [0.2, 0.25) is 0 Å². The average molecular weight is 325 g/mol. The van der Waals surface area contributed by atoms with Crippen LogP contribution in [0.4, 0.5) is 0 Å². The molecular weight excluding hydrogens is 298 g/mol. The van der Waals surface area contributed by atoms with Crippen molar-refractivity contribution in [3.63, 3.8) is 0 Å². The Morgan fingerprint density at radius 3 is 2.88 bits per heavy atom. The molecule has 2 fully saturated rings. The molecule has 4 unspecified atom stereocenters. The maximum absolute atomic E-state index is 11.1. The second-order valence-electron chi connectivity index (χ2n) is 7.73. The number of allylic oxidation sites excluding steroid dienone is 5. The molecule has 128 valence electrons. The molecule has 2 N–H and O–H groups in total. The van der Waals surface area contributed by atoms with Gasteiger partial charge in [0.05, 0.1) is 24.3 Å². The molecule has 0 aromatic carbocycles. The van der Waals surface area contributed by atoms with Crippen LogP contribution < -0.4 is 5.32 Å². The van der Waals surface area contributed by atoms with Gasteiger partial charge in [-0.25, -0.2) is 4.98 Å². The Bertz CT molecular complexity index is 681. The summed E-state index contributed by atoms with van der Waals surface area (Å²) in [6, 6.07) is 0.228. The van der Waals surface area contributed by atoms with E-state index in [9.17, 15) is 5.11 Å². The first-order valence-electron chi connectivity index (χ1n) is 9.07. The molecule has 1 aromatic heterocycles. The number of aliphatic hydroxyl groups excluding tert-OH is 1. The topological polar surface area (TPSA) is 50.1 Å². The van der Waals surface area contributed by atoms with Crippen molar-refractivity contribution in [1.29, 1.82) is 0 Å². The third-order valence-corrected chi connectivity index (χ3v) is 6.39. The molecule has 1 saturated carbocycles. The third-order valence-electron chi connectivity index (χ3n) is 6.39. The fraction of sp³-hybridized carbons (Fsp3) is 0.550. The van der Waals surface area contributed by atoms with Crippen molar-refractivity contribution in [2.45, 2.75) is 38.3 Å². The molecule has 4 heteroatoms. The molecule has 1 saturated heterocycles. The van der Waals surface area contributed by atoms with E-state index in [1.807, 2.05) is 24.7 Å². The lowest BCUT2D eigenvalue weighted by molar-refractivity contribution is -0.156. The van der Waals surface area contributed by atoms with Gasteiger partial charge < -0.3 is 15.0 Å². The van der Waals surface area contributed by atoms with E-state index >= 15 is 0 Å². The normalized spacial score (nSPS) is 37.7. The molecule has 4 nitrogen and oxygen atoms in total. The second kappa shape index (κ2) is 6.01. The van der Waals surface area contributed by atoms with E-state index in [1.165, 1.54) is 0 Å². The highest BCUT2D eigenvalue weighted by molar-refractivity contribution is 5.70. The highest BCUT2D eigenvalue weighted by Crippen LogP contribution is 2.57. The number of aromatic nitrogens is 2. The quantitative estimate of drug-likeness (QED) is 0.835. The summed E-state index contributed by atoms with van der Waals surface area (Å²) in [6.45, 7) is 8.48. The van der Waals surface area contributed by atoms with E-state index in [1.54, 1.807) is 0 Å². The van der Waals surface area contributed by atoms with E-state index in [0.717, 1.165) is 43.6 Å². The minimum absolute atomic E-state index is 0.133. The Morgan fingerprint density at radius 1 is 1.33 bits per heavy atom. The van der Waals surface area contributed by atoms with Crippen LogP contribution in [0, 0.1) is 17.3 Å². The van der Waals surface area contributed by atoms with E-state index < -0.39 is 0 Å². The van der Waals surface area contributed by atoms with Crippen molar-refractivity contribution >= 4 is 5.57 Å². The van der Waals surface area contributed by atoms with Crippen LogP contribution in [0.1, 0.15) is 37.9 Å². The first-order valence-corrected chi connectivity index (χ1v) is 9.07. The molecule has 4 rings (SSSR count).